The van der Waals surface area contributed by atoms with Gasteiger partial charge >= 0.3 is 0 Å². The molecule has 0 radical (unpaired) electrons. The van der Waals surface area contributed by atoms with Gasteiger partial charge in [0.1, 0.15) is 5.56 Å². The number of benzene rings is 2. The van der Waals surface area contributed by atoms with Crippen LogP contribution < -0.4 is 9.47 Å². The maximum Gasteiger partial charge on any atom is 0.284 e. The quantitative estimate of drug-likeness (QED) is 0.353. The van der Waals surface area contributed by atoms with Crippen molar-refractivity contribution in [2.45, 2.75) is 0 Å². The highest BCUT2D eigenvalue weighted by Crippen LogP contribution is 2.34. The third-order valence-electron chi connectivity index (χ3n) is 3.19. The van der Waals surface area contributed by atoms with Crippen LogP contribution in [0.1, 0.15) is 15.9 Å². The largest absolute Gasteiger partial charge is 0.493 e. The Hall–Kier alpha value is -3.15. The zero-order chi connectivity index (χ0) is 16.8. The molecule has 2 rings (SSSR count). The number of carbonyl (C=O) groups is 1. The van der Waals surface area contributed by atoms with Gasteiger partial charge in [-0.05, 0) is 11.6 Å². The Kier molecular flexibility index (Phi) is 5.09. The van der Waals surface area contributed by atoms with E-state index in [1.165, 1.54) is 32.4 Å². The number of hydrogen-bond acceptors (Lipinski definition) is 5. The van der Waals surface area contributed by atoms with Crippen molar-refractivity contribution >= 4 is 17.5 Å². The van der Waals surface area contributed by atoms with E-state index in [0.29, 0.717) is 0 Å². The minimum Gasteiger partial charge on any atom is -0.493 e. The van der Waals surface area contributed by atoms with Crippen molar-refractivity contribution in [3.63, 3.8) is 0 Å². The van der Waals surface area contributed by atoms with Crippen molar-refractivity contribution in [3.8, 4) is 11.5 Å². The fourth-order valence-corrected chi connectivity index (χ4v) is 2.04. The van der Waals surface area contributed by atoms with Crippen LogP contribution in [0, 0.1) is 10.1 Å². The van der Waals surface area contributed by atoms with Gasteiger partial charge in [-0.3, -0.25) is 14.9 Å². The highest BCUT2D eigenvalue weighted by atomic mass is 16.6. The zero-order valence-electron chi connectivity index (χ0n) is 12.7. The zero-order valence-corrected chi connectivity index (χ0v) is 12.7. The smallest absolute Gasteiger partial charge is 0.284 e. The summed E-state index contributed by atoms with van der Waals surface area (Å²) in [5, 5.41) is 11.2. The van der Waals surface area contributed by atoms with Gasteiger partial charge in [-0.15, -0.1) is 0 Å². The van der Waals surface area contributed by atoms with E-state index in [1.807, 2.05) is 30.3 Å². The van der Waals surface area contributed by atoms with Gasteiger partial charge in [0.05, 0.1) is 25.2 Å². The summed E-state index contributed by atoms with van der Waals surface area (Å²) in [5.74, 6) is -0.0288. The van der Waals surface area contributed by atoms with Crippen molar-refractivity contribution in [2.24, 2.45) is 0 Å². The van der Waals surface area contributed by atoms with E-state index in [1.54, 1.807) is 6.08 Å². The second-order valence-electron chi connectivity index (χ2n) is 4.59. The van der Waals surface area contributed by atoms with Crippen LogP contribution >= 0.6 is 0 Å². The third kappa shape index (κ3) is 3.74. The van der Waals surface area contributed by atoms with Gasteiger partial charge in [-0.1, -0.05) is 36.4 Å². The van der Waals surface area contributed by atoms with Crippen LogP contribution in [0.4, 0.5) is 5.69 Å². The summed E-state index contributed by atoms with van der Waals surface area (Å²) >= 11 is 0. The lowest BCUT2D eigenvalue weighted by Gasteiger charge is -2.09. The topological polar surface area (TPSA) is 78.7 Å². The van der Waals surface area contributed by atoms with Crippen molar-refractivity contribution in [1.29, 1.82) is 0 Å². The van der Waals surface area contributed by atoms with Crippen LogP contribution in [-0.4, -0.2) is 24.9 Å². The Labute approximate surface area is 133 Å². The lowest BCUT2D eigenvalue weighted by molar-refractivity contribution is -0.385. The summed E-state index contributed by atoms with van der Waals surface area (Å²) in [4.78, 5) is 22.9. The van der Waals surface area contributed by atoms with E-state index in [2.05, 4.69) is 0 Å². The monoisotopic (exact) mass is 313 g/mol. The predicted octanol–water partition coefficient (Wildman–Crippen LogP) is 3.51. The standard InChI is InChI=1S/C17H15NO5/c1-22-16-10-13(14(18(20)21)11-17(16)23-2)15(19)9-8-12-6-4-3-5-7-12/h3-11H,1-2H3/b9-8+. The Morgan fingerprint density at radius 1 is 1.09 bits per heavy atom. The molecule has 6 heteroatoms. The average molecular weight is 313 g/mol. The molecule has 0 bridgehead atoms. The number of allylic oxidation sites excluding steroid dienone is 1. The molecule has 0 aliphatic heterocycles. The van der Waals surface area contributed by atoms with Gasteiger partial charge in [0, 0.05) is 6.07 Å². The minimum atomic E-state index is -0.619. The van der Waals surface area contributed by atoms with Gasteiger partial charge in [0.25, 0.3) is 5.69 Å². The summed E-state index contributed by atoms with van der Waals surface area (Å²) in [7, 11) is 2.77. The van der Waals surface area contributed by atoms with E-state index in [9.17, 15) is 14.9 Å². The van der Waals surface area contributed by atoms with Crippen molar-refractivity contribution in [3.05, 3.63) is 69.8 Å². The van der Waals surface area contributed by atoms with Crippen LogP contribution in [0.25, 0.3) is 6.08 Å². The summed E-state index contributed by atoms with van der Waals surface area (Å²) in [6.45, 7) is 0. The molecule has 0 unspecified atom stereocenters. The Morgan fingerprint density at radius 3 is 2.26 bits per heavy atom. The van der Waals surface area contributed by atoms with Gasteiger partial charge in [-0.2, -0.15) is 0 Å². The molecule has 118 valence electrons. The summed E-state index contributed by atoms with van der Waals surface area (Å²) < 4.78 is 10.1. The molecule has 0 saturated carbocycles. The second-order valence-corrected chi connectivity index (χ2v) is 4.59. The van der Waals surface area contributed by atoms with Crippen molar-refractivity contribution in [1.82, 2.24) is 0 Å². The molecule has 0 heterocycles. The minimum absolute atomic E-state index is 0.0557. The number of nitrogens with zero attached hydrogens (tertiary/aromatic N) is 1. The molecule has 0 N–H and O–H groups in total. The highest BCUT2D eigenvalue weighted by molar-refractivity contribution is 6.10. The molecular weight excluding hydrogens is 298 g/mol. The fraction of sp³-hybridized carbons (Fsp3) is 0.118. The average Bonchev–Trinajstić information content (AvgIpc) is 2.59. The fourth-order valence-electron chi connectivity index (χ4n) is 2.04. The van der Waals surface area contributed by atoms with Crippen LogP contribution in [0.15, 0.2) is 48.5 Å². The molecule has 2 aromatic rings. The number of methoxy groups -OCH3 is 2. The first-order chi connectivity index (χ1) is 11.1. The summed E-state index contributed by atoms with van der Waals surface area (Å²) in [6.07, 6.45) is 2.90. The molecule has 0 fully saturated rings. The Bertz CT molecular complexity index is 753. The molecule has 0 saturated heterocycles. The van der Waals surface area contributed by atoms with Gasteiger partial charge in [0.15, 0.2) is 17.3 Å². The number of ether oxygens (including phenoxy) is 2. The second kappa shape index (κ2) is 7.22. The van der Waals surface area contributed by atoms with Gasteiger partial charge < -0.3 is 9.47 Å². The molecule has 0 spiro atoms. The maximum absolute atomic E-state index is 12.3. The molecular formula is C17H15NO5. The van der Waals surface area contributed by atoms with E-state index in [0.717, 1.165) is 5.56 Å². The molecule has 23 heavy (non-hydrogen) atoms. The van der Waals surface area contributed by atoms with Crippen molar-refractivity contribution < 1.29 is 19.2 Å². The summed E-state index contributed by atoms with van der Waals surface area (Å²) in [5.41, 5.74) is 0.439. The van der Waals surface area contributed by atoms with Crippen molar-refractivity contribution in [2.75, 3.05) is 14.2 Å². The van der Waals surface area contributed by atoms with E-state index < -0.39 is 10.7 Å². The number of nitro groups is 1. The first-order valence-corrected chi connectivity index (χ1v) is 6.74. The van der Waals surface area contributed by atoms with Crippen LogP contribution in [0.2, 0.25) is 0 Å². The molecule has 0 atom stereocenters. The first kappa shape index (κ1) is 16.2. The predicted molar refractivity (Wildman–Crippen MR) is 86.0 cm³/mol. The normalized spacial score (nSPS) is 10.5. The summed E-state index contributed by atoms with van der Waals surface area (Å²) in [6, 6.07) is 11.7. The van der Waals surface area contributed by atoms with Crippen LogP contribution in [0.5, 0.6) is 11.5 Å². The Balaban J connectivity index is 2.42. The number of ketones is 1. The first-order valence-electron chi connectivity index (χ1n) is 6.74. The highest BCUT2D eigenvalue weighted by Gasteiger charge is 2.23. The van der Waals surface area contributed by atoms with E-state index in [-0.39, 0.29) is 22.7 Å². The number of rotatable bonds is 6. The van der Waals surface area contributed by atoms with Crippen LogP contribution in [0.3, 0.4) is 0 Å². The molecule has 0 amide bonds. The molecule has 0 aliphatic rings. The molecule has 2 aromatic carbocycles. The number of carbonyl (C=O) groups excluding carboxylic acids is 1. The van der Waals surface area contributed by atoms with Crippen LogP contribution in [-0.2, 0) is 0 Å². The van der Waals surface area contributed by atoms with E-state index in [4.69, 9.17) is 9.47 Å². The van der Waals surface area contributed by atoms with E-state index >= 15 is 0 Å². The maximum atomic E-state index is 12.3. The third-order valence-corrected chi connectivity index (χ3v) is 3.19. The SMILES string of the molecule is COc1cc(C(=O)/C=C/c2ccccc2)c([N+](=O)[O-])cc1OC. The number of nitro benzene ring substituents is 1. The molecule has 0 aromatic heterocycles. The van der Waals surface area contributed by atoms with Gasteiger partial charge in [0.2, 0.25) is 0 Å². The molecule has 6 nitrogen and oxygen atoms in total. The lowest BCUT2D eigenvalue weighted by Crippen LogP contribution is -2.03. The Morgan fingerprint density at radius 2 is 1.70 bits per heavy atom. The van der Waals surface area contributed by atoms with Gasteiger partial charge in [-0.25, -0.2) is 0 Å². The number of hydrogen-bond donors (Lipinski definition) is 0. The lowest BCUT2D eigenvalue weighted by atomic mass is 10.1. The molecule has 0 aliphatic carbocycles.